The van der Waals surface area contributed by atoms with Crippen LogP contribution in [0, 0.1) is 0 Å². The molecule has 0 spiro atoms. The second-order valence-corrected chi connectivity index (χ2v) is 4.28. The third-order valence-corrected chi connectivity index (χ3v) is 2.85. The number of aryl methyl sites for hydroxylation is 1. The lowest BCUT2D eigenvalue weighted by Crippen LogP contribution is -2.24. The van der Waals surface area contributed by atoms with E-state index >= 15 is 0 Å². The summed E-state index contributed by atoms with van der Waals surface area (Å²) in [7, 11) is 1.60. The summed E-state index contributed by atoms with van der Waals surface area (Å²) in [4.78, 5) is 23.8. The van der Waals surface area contributed by atoms with Gasteiger partial charge in [0.25, 0.3) is 5.91 Å². The number of rotatable bonds is 3. The minimum atomic E-state index is -0.456. The molecule has 0 bridgehead atoms. The fourth-order valence-corrected chi connectivity index (χ4v) is 1.70. The van der Waals surface area contributed by atoms with Gasteiger partial charge in [-0.05, 0) is 23.7 Å². The Labute approximate surface area is 117 Å². The number of pyridine rings is 1. The van der Waals surface area contributed by atoms with Crippen molar-refractivity contribution in [3.63, 3.8) is 0 Å². The predicted octanol–water partition coefficient (Wildman–Crippen LogP) is 0.935. The SMILES string of the molecule is Cn1nc(C(=O)NCc2nc3ncccc3o2)nc1Cl. The Kier molecular flexibility index (Phi) is 3.07. The topological polar surface area (TPSA) is 98.7 Å². The molecule has 0 aromatic carbocycles. The van der Waals surface area contributed by atoms with Gasteiger partial charge < -0.3 is 9.73 Å². The molecule has 9 heteroatoms. The van der Waals surface area contributed by atoms with E-state index in [1.165, 1.54) is 4.68 Å². The third-order valence-electron chi connectivity index (χ3n) is 2.52. The van der Waals surface area contributed by atoms with Crippen LogP contribution in [0.15, 0.2) is 22.7 Å². The van der Waals surface area contributed by atoms with Gasteiger partial charge >= 0.3 is 0 Å². The molecule has 3 aromatic heterocycles. The Hall–Kier alpha value is -2.48. The van der Waals surface area contributed by atoms with E-state index in [1.807, 2.05) is 0 Å². The van der Waals surface area contributed by atoms with Crippen molar-refractivity contribution in [1.29, 1.82) is 0 Å². The smallest absolute Gasteiger partial charge is 0.291 e. The lowest BCUT2D eigenvalue weighted by molar-refractivity contribution is 0.0937. The van der Waals surface area contributed by atoms with Crippen molar-refractivity contribution in [2.75, 3.05) is 0 Å². The number of halogens is 1. The van der Waals surface area contributed by atoms with E-state index in [4.69, 9.17) is 16.0 Å². The Balaban J connectivity index is 1.71. The van der Waals surface area contributed by atoms with Crippen LogP contribution < -0.4 is 5.32 Å². The molecule has 0 aliphatic carbocycles. The number of hydrogen-bond acceptors (Lipinski definition) is 6. The zero-order valence-corrected chi connectivity index (χ0v) is 11.1. The van der Waals surface area contributed by atoms with Crippen LogP contribution in [0.3, 0.4) is 0 Å². The lowest BCUT2D eigenvalue weighted by Gasteiger charge is -1.97. The summed E-state index contributed by atoms with van der Waals surface area (Å²) in [6.07, 6.45) is 1.62. The molecule has 0 saturated carbocycles. The van der Waals surface area contributed by atoms with Crippen molar-refractivity contribution >= 4 is 28.7 Å². The van der Waals surface area contributed by atoms with Gasteiger partial charge in [-0.2, -0.15) is 9.97 Å². The van der Waals surface area contributed by atoms with Crippen molar-refractivity contribution in [2.24, 2.45) is 7.05 Å². The molecule has 0 radical (unpaired) electrons. The molecule has 8 nitrogen and oxygen atoms in total. The summed E-state index contributed by atoms with van der Waals surface area (Å²) in [5.74, 6) is -0.108. The number of aromatic nitrogens is 5. The number of carbonyl (C=O) groups excluding carboxylic acids is 1. The summed E-state index contributed by atoms with van der Waals surface area (Å²) < 4.78 is 6.73. The minimum Gasteiger partial charge on any atom is -0.437 e. The van der Waals surface area contributed by atoms with E-state index in [1.54, 1.807) is 25.4 Å². The van der Waals surface area contributed by atoms with Crippen LogP contribution in [0.1, 0.15) is 16.5 Å². The Morgan fingerprint density at radius 1 is 1.50 bits per heavy atom. The molecule has 3 heterocycles. The molecule has 0 atom stereocenters. The quantitative estimate of drug-likeness (QED) is 0.771. The molecule has 3 aromatic rings. The summed E-state index contributed by atoms with van der Waals surface area (Å²) in [6, 6.07) is 3.50. The number of nitrogens with zero attached hydrogens (tertiary/aromatic N) is 5. The predicted molar refractivity (Wildman–Crippen MR) is 69.0 cm³/mol. The van der Waals surface area contributed by atoms with E-state index in [0.29, 0.717) is 17.1 Å². The second kappa shape index (κ2) is 4.89. The maximum atomic E-state index is 11.8. The Morgan fingerprint density at radius 3 is 3.05 bits per heavy atom. The lowest BCUT2D eigenvalue weighted by atomic mass is 10.5. The fourth-order valence-electron chi connectivity index (χ4n) is 1.59. The van der Waals surface area contributed by atoms with Gasteiger partial charge in [-0.15, -0.1) is 5.10 Å². The van der Waals surface area contributed by atoms with Gasteiger partial charge in [0.2, 0.25) is 17.0 Å². The summed E-state index contributed by atoms with van der Waals surface area (Å²) >= 11 is 5.71. The summed E-state index contributed by atoms with van der Waals surface area (Å²) in [5, 5.41) is 6.60. The number of oxazole rings is 1. The highest BCUT2D eigenvalue weighted by atomic mass is 35.5. The van der Waals surface area contributed by atoms with Gasteiger partial charge in [0, 0.05) is 13.2 Å². The zero-order valence-electron chi connectivity index (χ0n) is 10.4. The van der Waals surface area contributed by atoms with Crippen LogP contribution >= 0.6 is 11.6 Å². The van der Waals surface area contributed by atoms with E-state index < -0.39 is 5.91 Å². The fraction of sp³-hybridized carbons (Fsp3) is 0.182. The highest BCUT2D eigenvalue weighted by Gasteiger charge is 2.14. The molecule has 102 valence electrons. The minimum absolute atomic E-state index is 0.00765. The van der Waals surface area contributed by atoms with Gasteiger partial charge in [-0.25, -0.2) is 9.67 Å². The maximum absolute atomic E-state index is 11.8. The first-order chi connectivity index (χ1) is 9.63. The Morgan fingerprint density at radius 2 is 2.35 bits per heavy atom. The normalized spacial score (nSPS) is 10.9. The van der Waals surface area contributed by atoms with Gasteiger partial charge in [-0.1, -0.05) is 0 Å². The highest BCUT2D eigenvalue weighted by Crippen LogP contribution is 2.12. The highest BCUT2D eigenvalue weighted by molar-refractivity contribution is 6.28. The van der Waals surface area contributed by atoms with E-state index in [0.717, 1.165) is 0 Å². The average Bonchev–Trinajstić information content (AvgIpc) is 3.00. The van der Waals surface area contributed by atoms with Crippen LogP contribution in [0.4, 0.5) is 0 Å². The average molecular weight is 293 g/mol. The van der Waals surface area contributed by atoms with Crippen LogP contribution in [-0.4, -0.2) is 30.6 Å². The number of nitrogens with one attached hydrogen (secondary N) is 1. The van der Waals surface area contributed by atoms with Crippen molar-refractivity contribution < 1.29 is 9.21 Å². The third kappa shape index (κ3) is 2.32. The first-order valence-electron chi connectivity index (χ1n) is 5.68. The standard InChI is InChI=1S/C11H9ClN6O2/c1-18-11(12)16-9(17-18)10(19)14-5-7-15-8-6(20-7)3-2-4-13-8/h2-4H,5H2,1H3,(H,14,19). The van der Waals surface area contributed by atoms with Crippen LogP contribution in [0.25, 0.3) is 11.2 Å². The van der Waals surface area contributed by atoms with E-state index in [-0.39, 0.29) is 17.7 Å². The van der Waals surface area contributed by atoms with Gasteiger partial charge in [0.05, 0.1) is 6.54 Å². The number of hydrogen-bond donors (Lipinski definition) is 1. The number of amides is 1. The van der Waals surface area contributed by atoms with Gasteiger partial charge in [-0.3, -0.25) is 4.79 Å². The zero-order chi connectivity index (χ0) is 14.1. The molecule has 0 aliphatic rings. The van der Waals surface area contributed by atoms with E-state index in [9.17, 15) is 4.79 Å². The molecule has 0 saturated heterocycles. The Bertz CT molecular complexity index is 728. The summed E-state index contributed by atoms with van der Waals surface area (Å²) in [5.41, 5.74) is 1.06. The molecule has 1 N–H and O–H groups in total. The molecule has 20 heavy (non-hydrogen) atoms. The molecule has 3 rings (SSSR count). The largest absolute Gasteiger partial charge is 0.437 e. The maximum Gasteiger partial charge on any atom is 0.291 e. The van der Waals surface area contributed by atoms with Crippen molar-refractivity contribution in [3.8, 4) is 0 Å². The molecule has 0 unspecified atom stereocenters. The van der Waals surface area contributed by atoms with Crippen LogP contribution in [0.2, 0.25) is 5.28 Å². The van der Waals surface area contributed by atoms with E-state index in [2.05, 4.69) is 25.4 Å². The number of carbonyl (C=O) groups is 1. The molecule has 0 aliphatic heterocycles. The number of fused-ring (bicyclic) bond motifs is 1. The van der Waals surface area contributed by atoms with Crippen LogP contribution in [-0.2, 0) is 13.6 Å². The van der Waals surface area contributed by atoms with Crippen molar-refractivity contribution in [1.82, 2.24) is 30.0 Å². The first-order valence-corrected chi connectivity index (χ1v) is 6.06. The molecular weight excluding hydrogens is 284 g/mol. The second-order valence-electron chi connectivity index (χ2n) is 3.94. The molecular formula is C11H9ClN6O2. The summed E-state index contributed by atoms with van der Waals surface area (Å²) in [6.45, 7) is 0.116. The van der Waals surface area contributed by atoms with Crippen molar-refractivity contribution in [3.05, 3.63) is 35.3 Å². The monoisotopic (exact) mass is 292 g/mol. The molecule has 0 fully saturated rings. The first kappa shape index (κ1) is 12.5. The van der Waals surface area contributed by atoms with Crippen molar-refractivity contribution in [2.45, 2.75) is 6.54 Å². The van der Waals surface area contributed by atoms with Gasteiger partial charge in [0.15, 0.2) is 11.2 Å². The van der Waals surface area contributed by atoms with Gasteiger partial charge in [0.1, 0.15) is 0 Å². The molecule has 1 amide bonds. The van der Waals surface area contributed by atoms with Crippen LogP contribution in [0.5, 0.6) is 0 Å².